The van der Waals surface area contributed by atoms with E-state index in [1.165, 1.54) is 0 Å². The molecule has 0 spiro atoms. The van der Waals surface area contributed by atoms with Gasteiger partial charge in [-0.2, -0.15) is 0 Å². The number of amides is 2. The third kappa shape index (κ3) is 4.11. The summed E-state index contributed by atoms with van der Waals surface area (Å²) >= 11 is 0. The van der Waals surface area contributed by atoms with Gasteiger partial charge in [-0.05, 0) is 39.5 Å². The molecule has 2 N–H and O–H groups in total. The summed E-state index contributed by atoms with van der Waals surface area (Å²) < 4.78 is 0. The van der Waals surface area contributed by atoms with Gasteiger partial charge in [-0.3, -0.25) is 4.79 Å². The molecule has 5 heteroatoms. The average molecular weight is 298 g/mol. The second-order valence-corrected chi connectivity index (χ2v) is 6.42. The Morgan fingerprint density at radius 1 is 1.43 bits per heavy atom. The summed E-state index contributed by atoms with van der Waals surface area (Å²) in [6.07, 6.45) is 5.14. The first-order chi connectivity index (χ1) is 9.86. The molecule has 0 aromatic carbocycles. The van der Waals surface area contributed by atoms with Crippen LogP contribution in [-0.2, 0) is 4.79 Å². The lowest BCUT2D eigenvalue weighted by Crippen LogP contribution is -2.53. The third-order valence-corrected chi connectivity index (χ3v) is 4.88. The number of carbonyl (C=O) groups excluding carboxylic acids is 1. The van der Waals surface area contributed by atoms with E-state index in [1.54, 1.807) is 6.92 Å². The summed E-state index contributed by atoms with van der Waals surface area (Å²) in [4.78, 5) is 25.9. The van der Waals surface area contributed by atoms with Gasteiger partial charge in [0.25, 0.3) is 0 Å². The Kier molecular flexibility index (Phi) is 6.49. The summed E-state index contributed by atoms with van der Waals surface area (Å²) in [6, 6.07) is -0.207. The fourth-order valence-electron chi connectivity index (χ4n) is 2.96. The van der Waals surface area contributed by atoms with E-state index in [-0.39, 0.29) is 18.1 Å². The number of aliphatic carboxylic acids is 1. The molecule has 0 aliphatic heterocycles. The number of nitrogens with one attached hydrogen (secondary N) is 1. The molecule has 0 radical (unpaired) electrons. The Morgan fingerprint density at radius 3 is 2.62 bits per heavy atom. The van der Waals surface area contributed by atoms with Crippen molar-refractivity contribution in [1.29, 1.82) is 0 Å². The minimum Gasteiger partial charge on any atom is -0.481 e. The predicted molar refractivity (Wildman–Crippen MR) is 83.3 cm³/mol. The monoisotopic (exact) mass is 298 g/mol. The predicted octanol–water partition coefficient (Wildman–Crippen LogP) is 3.24. The Hall–Kier alpha value is -1.26. The van der Waals surface area contributed by atoms with Crippen molar-refractivity contribution in [2.45, 2.75) is 78.3 Å². The van der Waals surface area contributed by atoms with Crippen molar-refractivity contribution in [3.8, 4) is 0 Å². The van der Waals surface area contributed by atoms with Crippen molar-refractivity contribution in [1.82, 2.24) is 10.2 Å². The molecule has 1 aliphatic rings. The van der Waals surface area contributed by atoms with Gasteiger partial charge in [-0.25, -0.2) is 4.79 Å². The highest BCUT2D eigenvalue weighted by atomic mass is 16.4. The molecule has 5 nitrogen and oxygen atoms in total. The second kappa shape index (κ2) is 7.66. The van der Waals surface area contributed by atoms with Crippen LogP contribution in [0.15, 0.2) is 0 Å². The van der Waals surface area contributed by atoms with Gasteiger partial charge in [0.05, 0.1) is 5.41 Å². The number of carboxylic acid groups (broad SMARTS) is 1. The molecular formula is C16H30N2O3. The molecule has 0 saturated heterocycles. The second-order valence-electron chi connectivity index (χ2n) is 6.42. The number of rotatable bonds is 7. The Bertz CT molecular complexity index is 373. The van der Waals surface area contributed by atoms with Crippen LogP contribution in [0, 0.1) is 5.41 Å². The van der Waals surface area contributed by atoms with E-state index in [0.29, 0.717) is 6.42 Å². The fraction of sp³-hybridized carbons (Fsp3) is 0.875. The lowest BCUT2D eigenvalue weighted by atomic mass is 9.85. The van der Waals surface area contributed by atoms with Crippen molar-refractivity contribution < 1.29 is 14.7 Å². The number of urea groups is 1. The normalized spacial score (nSPS) is 26.4. The molecule has 0 heterocycles. The largest absolute Gasteiger partial charge is 0.481 e. The fourth-order valence-corrected chi connectivity index (χ4v) is 2.96. The maximum absolute atomic E-state index is 12.5. The molecule has 3 atom stereocenters. The summed E-state index contributed by atoms with van der Waals surface area (Å²) in [5.74, 6) is -0.811. The number of unbranched alkanes of at least 4 members (excludes halogenated alkanes) is 1. The first-order valence-electron chi connectivity index (χ1n) is 8.17. The maximum atomic E-state index is 12.5. The highest BCUT2D eigenvalue weighted by Crippen LogP contribution is 2.38. The zero-order valence-corrected chi connectivity index (χ0v) is 13.8. The molecule has 0 aromatic rings. The quantitative estimate of drug-likeness (QED) is 0.758. The van der Waals surface area contributed by atoms with Gasteiger partial charge in [0.1, 0.15) is 0 Å². The first kappa shape index (κ1) is 17.8. The number of hydrogen-bond acceptors (Lipinski definition) is 2. The van der Waals surface area contributed by atoms with Crippen LogP contribution in [0.3, 0.4) is 0 Å². The Morgan fingerprint density at radius 2 is 2.10 bits per heavy atom. The van der Waals surface area contributed by atoms with Gasteiger partial charge in [-0.15, -0.1) is 0 Å². The lowest BCUT2D eigenvalue weighted by Gasteiger charge is -2.33. The number of carbonyl (C=O) groups is 2. The molecule has 2 amide bonds. The maximum Gasteiger partial charge on any atom is 0.317 e. The van der Waals surface area contributed by atoms with Crippen LogP contribution in [0.25, 0.3) is 0 Å². The van der Waals surface area contributed by atoms with Crippen LogP contribution in [0.4, 0.5) is 4.79 Å². The van der Waals surface area contributed by atoms with Crippen molar-refractivity contribution >= 4 is 12.0 Å². The van der Waals surface area contributed by atoms with Crippen LogP contribution >= 0.6 is 0 Å². The van der Waals surface area contributed by atoms with Crippen LogP contribution in [0.5, 0.6) is 0 Å². The van der Waals surface area contributed by atoms with Crippen molar-refractivity contribution in [3.63, 3.8) is 0 Å². The molecule has 1 saturated carbocycles. The van der Waals surface area contributed by atoms with Gasteiger partial charge in [-0.1, -0.05) is 26.7 Å². The van der Waals surface area contributed by atoms with E-state index < -0.39 is 11.4 Å². The molecule has 3 unspecified atom stereocenters. The van der Waals surface area contributed by atoms with Crippen LogP contribution in [0.2, 0.25) is 0 Å². The van der Waals surface area contributed by atoms with Crippen LogP contribution < -0.4 is 5.32 Å². The van der Waals surface area contributed by atoms with E-state index in [1.807, 2.05) is 11.8 Å². The van der Waals surface area contributed by atoms with Gasteiger partial charge in [0, 0.05) is 18.6 Å². The van der Waals surface area contributed by atoms with Crippen LogP contribution in [-0.4, -0.2) is 40.6 Å². The zero-order chi connectivity index (χ0) is 16.0. The summed E-state index contributed by atoms with van der Waals surface area (Å²) in [5.41, 5.74) is -0.832. The van der Waals surface area contributed by atoms with Crippen LogP contribution in [0.1, 0.15) is 66.2 Å². The van der Waals surface area contributed by atoms with E-state index in [9.17, 15) is 14.7 Å². The van der Waals surface area contributed by atoms with Crippen molar-refractivity contribution in [2.24, 2.45) is 5.41 Å². The molecule has 0 bridgehead atoms. The number of nitrogens with zero attached hydrogens (tertiary/aromatic N) is 1. The summed E-state index contributed by atoms with van der Waals surface area (Å²) in [6.45, 7) is 8.68. The molecule has 1 fully saturated rings. The average Bonchev–Trinajstić information content (AvgIpc) is 2.81. The molecule has 0 aromatic heterocycles. The van der Waals surface area contributed by atoms with E-state index in [0.717, 1.165) is 38.6 Å². The minimum atomic E-state index is -0.832. The highest BCUT2D eigenvalue weighted by Gasteiger charge is 2.46. The van der Waals surface area contributed by atoms with Crippen molar-refractivity contribution in [2.75, 3.05) is 6.54 Å². The summed E-state index contributed by atoms with van der Waals surface area (Å²) in [5, 5.41) is 12.4. The van der Waals surface area contributed by atoms with E-state index in [4.69, 9.17) is 0 Å². The molecular weight excluding hydrogens is 268 g/mol. The topological polar surface area (TPSA) is 69.6 Å². The zero-order valence-electron chi connectivity index (χ0n) is 13.8. The molecule has 21 heavy (non-hydrogen) atoms. The van der Waals surface area contributed by atoms with Crippen molar-refractivity contribution in [3.05, 3.63) is 0 Å². The molecule has 1 rings (SSSR count). The standard InChI is InChI=1S/C16H30N2O3/c1-5-7-11-18(12(3)6-2)15(21)17-13-9-8-10-16(13,4)14(19)20/h12-13H,5-11H2,1-4H3,(H,17,21)(H,19,20). The van der Waals surface area contributed by atoms with E-state index in [2.05, 4.69) is 19.2 Å². The third-order valence-electron chi connectivity index (χ3n) is 4.88. The van der Waals surface area contributed by atoms with E-state index >= 15 is 0 Å². The van der Waals surface area contributed by atoms with Gasteiger partial charge in [0.2, 0.25) is 0 Å². The van der Waals surface area contributed by atoms with Gasteiger partial charge < -0.3 is 15.3 Å². The Labute approximate surface area is 128 Å². The molecule has 122 valence electrons. The number of hydrogen-bond donors (Lipinski definition) is 2. The highest BCUT2D eigenvalue weighted by molar-refractivity contribution is 5.79. The Balaban J connectivity index is 2.74. The van der Waals surface area contributed by atoms with Gasteiger partial charge in [0.15, 0.2) is 0 Å². The molecule has 1 aliphatic carbocycles. The lowest BCUT2D eigenvalue weighted by molar-refractivity contribution is -0.148. The summed E-state index contributed by atoms with van der Waals surface area (Å²) in [7, 11) is 0. The smallest absolute Gasteiger partial charge is 0.317 e. The SMILES string of the molecule is CCCCN(C(=O)NC1CCCC1(C)C(=O)O)C(C)CC. The van der Waals surface area contributed by atoms with Gasteiger partial charge >= 0.3 is 12.0 Å². The first-order valence-corrected chi connectivity index (χ1v) is 8.17. The number of carboxylic acids is 1. The minimum absolute atomic E-state index is 0.114.